The first-order valence-electron chi connectivity index (χ1n) is 10.2. The van der Waals surface area contributed by atoms with E-state index in [0.717, 1.165) is 18.9 Å². The first-order chi connectivity index (χ1) is 12.8. The van der Waals surface area contributed by atoms with Crippen molar-refractivity contribution in [3.63, 3.8) is 0 Å². The number of nitrogens with zero attached hydrogens (tertiary/aromatic N) is 1. The summed E-state index contributed by atoms with van der Waals surface area (Å²) in [6.07, 6.45) is 2.72. The Hall–Kier alpha value is -0.836. The molecule has 1 saturated heterocycles. The van der Waals surface area contributed by atoms with Gasteiger partial charge in [-0.2, -0.15) is 11.6 Å². The van der Waals surface area contributed by atoms with Gasteiger partial charge in [-0.1, -0.05) is 13.8 Å². The van der Waals surface area contributed by atoms with Crippen molar-refractivity contribution in [1.82, 2.24) is 4.90 Å². The molecule has 4 atom stereocenters. The fraction of sp³-hybridized carbons (Fsp3) is 0.565. The van der Waals surface area contributed by atoms with Gasteiger partial charge in [0, 0.05) is 17.1 Å². The first-order valence-corrected chi connectivity index (χ1v) is 10.2. The van der Waals surface area contributed by atoms with Crippen LogP contribution >= 0.6 is 0 Å². The van der Waals surface area contributed by atoms with Crippen molar-refractivity contribution < 1.29 is 26.4 Å². The maximum Gasteiger partial charge on any atom is 0.419 e. The minimum Gasteiger partial charge on any atom is -0.748 e. The third kappa shape index (κ3) is 3.68. The van der Waals surface area contributed by atoms with E-state index in [1.165, 1.54) is 17.4 Å². The van der Waals surface area contributed by atoms with Crippen molar-refractivity contribution in [2.75, 3.05) is 14.1 Å². The molecule has 0 N–H and O–H groups in total. The van der Waals surface area contributed by atoms with Crippen LogP contribution in [-0.2, 0) is 32.9 Å². The van der Waals surface area contributed by atoms with Gasteiger partial charge in [-0.25, -0.2) is 12.1 Å². The molecule has 4 fully saturated rings. The van der Waals surface area contributed by atoms with Crippen LogP contribution in [0, 0.1) is 17.3 Å². The molecule has 3 aliphatic carbocycles. The summed E-state index contributed by atoms with van der Waals surface area (Å²) in [6, 6.07) is 16.5. The summed E-state index contributed by atoms with van der Waals surface area (Å²) >= 11 is 0. The van der Waals surface area contributed by atoms with E-state index in [1.54, 1.807) is 0 Å². The third-order valence-corrected chi connectivity index (χ3v) is 7.19. The minimum atomic E-state index is -0.185. The molecule has 0 spiro atoms. The van der Waals surface area contributed by atoms with Crippen molar-refractivity contribution in [2.24, 2.45) is 17.3 Å². The Kier molecular flexibility index (Phi) is 6.34. The quantitative estimate of drug-likeness (QED) is 0.556. The molecule has 2 aromatic carbocycles. The van der Waals surface area contributed by atoms with Gasteiger partial charge in [0.05, 0.1) is 11.7 Å². The molecule has 2 aromatic rings. The molecule has 2 bridgehead atoms. The second kappa shape index (κ2) is 8.12. The largest absolute Gasteiger partial charge is 0.748 e. The van der Waals surface area contributed by atoms with E-state index in [2.05, 4.69) is 58.0 Å². The summed E-state index contributed by atoms with van der Waals surface area (Å²) in [5.74, 6) is 1.43. The standard InChI is InChI=1S/C18H27BNO2.C5H5.Fe/c1-17(2)13-9-15(17)18(3)16(10-13)21-19(22-18)14-8-6-7-12(14)11-20(4)5;1-2-4-5-3-1;/h6-8,13,15-16H,9-11H2,1-5H3;1-5H;/q-1;-5;. The van der Waals surface area contributed by atoms with Gasteiger partial charge in [0.25, 0.3) is 0 Å². The molecular formula is C23H32BFeNO2-6. The van der Waals surface area contributed by atoms with Crippen molar-refractivity contribution in [1.29, 1.82) is 0 Å². The summed E-state index contributed by atoms with van der Waals surface area (Å²) in [5.41, 5.74) is 2.83. The van der Waals surface area contributed by atoms with Gasteiger partial charge in [-0.3, -0.25) is 0 Å². The van der Waals surface area contributed by atoms with Crippen LogP contribution in [0.5, 0.6) is 0 Å². The van der Waals surface area contributed by atoms with Crippen molar-refractivity contribution in [3.05, 3.63) is 54.1 Å². The smallest absolute Gasteiger partial charge is 0.419 e. The minimum absolute atomic E-state index is 0. The molecule has 158 valence electrons. The zero-order valence-corrected chi connectivity index (χ0v) is 18.8. The predicted molar refractivity (Wildman–Crippen MR) is 111 cm³/mol. The van der Waals surface area contributed by atoms with Gasteiger partial charge in [-0.05, 0) is 57.7 Å². The van der Waals surface area contributed by atoms with Crippen molar-refractivity contribution >= 4 is 12.6 Å². The van der Waals surface area contributed by atoms with Gasteiger partial charge < -0.3 is 44.5 Å². The first kappa shape index (κ1) is 21.9. The van der Waals surface area contributed by atoms with Crippen LogP contribution in [0.4, 0.5) is 0 Å². The number of hydrogen-bond donors (Lipinski definition) is 0. The van der Waals surface area contributed by atoms with Crippen LogP contribution in [0.2, 0.25) is 0 Å². The Labute approximate surface area is 181 Å². The molecule has 3 saturated carbocycles. The molecule has 1 heterocycles. The van der Waals surface area contributed by atoms with E-state index >= 15 is 0 Å². The maximum absolute atomic E-state index is 6.56. The Morgan fingerprint density at radius 2 is 1.79 bits per heavy atom. The molecule has 28 heavy (non-hydrogen) atoms. The average molecular weight is 421 g/mol. The van der Waals surface area contributed by atoms with Crippen LogP contribution < -0.4 is 5.46 Å². The third-order valence-electron chi connectivity index (χ3n) is 7.19. The fourth-order valence-corrected chi connectivity index (χ4v) is 5.51. The van der Waals surface area contributed by atoms with Crippen LogP contribution in [0.25, 0.3) is 0 Å². The molecule has 5 heteroatoms. The maximum atomic E-state index is 6.56. The average Bonchev–Trinajstić information content (AvgIpc) is 3.34. The molecular weight excluding hydrogens is 389 g/mol. The van der Waals surface area contributed by atoms with E-state index < -0.39 is 0 Å². The molecule has 4 aliphatic rings. The Balaban J connectivity index is 0.000000329. The van der Waals surface area contributed by atoms with Crippen molar-refractivity contribution in [3.8, 4) is 0 Å². The van der Waals surface area contributed by atoms with Gasteiger partial charge in [-0.15, -0.1) is 5.46 Å². The number of rotatable bonds is 3. The second-order valence-corrected chi connectivity index (χ2v) is 9.51. The van der Waals surface area contributed by atoms with E-state index in [0.29, 0.717) is 11.3 Å². The molecule has 6 rings (SSSR count). The Morgan fingerprint density at radius 3 is 2.36 bits per heavy atom. The normalized spacial score (nSPS) is 32.1. The van der Waals surface area contributed by atoms with Crippen LogP contribution in [0.1, 0.15) is 39.2 Å². The van der Waals surface area contributed by atoms with Gasteiger partial charge in [0.2, 0.25) is 0 Å². The van der Waals surface area contributed by atoms with E-state index in [1.807, 2.05) is 30.3 Å². The monoisotopic (exact) mass is 421 g/mol. The Bertz CT molecular complexity index is 739. The van der Waals surface area contributed by atoms with E-state index in [4.69, 9.17) is 9.31 Å². The summed E-state index contributed by atoms with van der Waals surface area (Å²) in [6.45, 7) is 8.03. The molecule has 3 nitrogen and oxygen atoms in total. The van der Waals surface area contributed by atoms with Gasteiger partial charge in [0.1, 0.15) is 0 Å². The molecule has 4 unspecified atom stereocenters. The molecule has 0 radical (unpaired) electrons. The molecule has 0 amide bonds. The van der Waals surface area contributed by atoms with E-state index in [-0.39, 0.29) is 35.9 Å². The Morgan fingerprint density at radius 1 is 1.14 bits per heavy atom. The SMILES string of the molecule is CN(C)Cc1ccc[c-]1B1OC2CC3CC(C3(C)C)C2(C)O1.[Fe].[cH-]1[cH-][cH-][cH-][cH-]1. The van der Waals surface area contributed by atoms with Crippen LogP contribution in [0.15, 0.2) is 48.5 Å². The second-order valence-electron chi connectivity index (χ2n) is 9.51. The zero-order chi connectivity index (χ0) is 19.2. The van der Waals surface area contributed by atoms with Gasteiger partial charge in [0.15, 0.2) is 0 Å². The van der Waals surface area contributed by atoms with Crippen LogP contribution in [-0.4, -0.2) is 37.8 Å². The zero-order valence-electron chi connectivity index (χ0n) is 17.7. The summed E-state index contributed by atoms with van der Waals surface area (Å²) in [7, 11) is 4.02. The fourth-order valence-electron chi connectivity index (χ4n) is 5.51. The van der Waals surface area contributed by atoms with Crippen molar-refractivity contribution in [2.45, 2.75) is 51.9 Å². The topological polar surface area (TPSA) is 21.7 Å². The predicted octanol–water partition coefficient (Wildman–Crippen LogP) is 3.81. The van der Waals surface area contributed by atoms with Crippen LogP contribution in [0.3, 0.4) is 0 Å². The summed E-state index contributed by atoms with van der Waals surface area (Å²) < 4.78 is 13.0. The van der Waals surface area contributed by atoms with Gasteiger partial charge >= 0.3 is 7.12 Å². The summed E-state index contributed by atoms with van der Waals surface area (Å²) in [5, 5.41) is 0. The summed E-state index contributed by atoms with van der Waals surface area (Å²) in [4.78, 5) is 2.20. The molecule has 1 aliphatic heterocycles. The molecule has 0 aromatic heterocycles. The van der Waals surface area contributed by atoms with E-state index in [9.17, 15) is 0 Å². The number of hydrogen-bond acceptors (Lipinski definition) is 3.